The molecule has 0 aromatic carbocycles. The maximum absolute atomic E-state index is 13.5. The molecule has 3 amide bonds. The lowest BCUT2D eigenvalue weighted by atomic mass is 9.85. The highest BCUT2D eigenvalue weighted by molar-refractivity contribution is 5.96. The molecule has 0 aromatic heterocycles. The number of carbonyl (C=O) groups is 4. The van der Waals surface area contributed by atoms with Crippen LogP contribution in [0.1, 0.15) is 67.7 Å². The van der Waals surface area contributed by atoms with Crippen molar-refractivity contribution in [2.45, 2.75) is 91.0 Å². The van der Waals surface area contributed by atoms with E-state index < -0.39 is 46.6 Å². The standard InChI is InChI=1S/C24H39N3O6/c1-9-15-14-24(15,20(30)32-10-2)26-18(28)16-12-11-13-27(16)19(29)17(22(3,4)5)25-21(31)33-23(6,7)8/h9,15-17H,1,10-14H2,2-8H3,(H,25,31)(H,26,28)/t15?,16-,17+,24+/m0/s1. The molecule has 1 saturated heterocycles. The molecule has 1 heterocycles. The lowest BCUT2D eigenvalue weighted by molar-refractivity contribution is -0.150. The highest BCUT2D eigenvalue weighted by atomic mass is 16.6. The molecule has 0 aromatic rings. The Balaban J connectivity index is 2.18. The first kappa shape index (κ1) is 26.7. The molecule has 4 atom stereocenters. The fourth-order valence-electron chi connectivity index (χ4n) is 4.11. The van der Waals surface area contributed by atoms with Crippen molar-refractivity contribution in [2.24, 2.45) is 11.3 Å². The molecule has 9 nitrogen and oxygen atoms in total. The molecule has 1 unspecified atom stereocenters. The number of ether oxygens (including phenoxy) is 2. The van der Waals surface area contributed by atoms with Crippen LogP contribution in [0.2, 0.25) is 0 Å². The summed E-state index contributed by atoms with van der Waals surface area (Å²) < 4.78 is 10.5. The lowest BCUT2D eigenvalue weighted by Gasteiger charge is -2.36. The predicted molar refractivity (Wildman–Crippen MR) is 123 cm³/mol. The second kappa shape index (κ2) is 9.73. The van der Waals surface area contributed by atoms with E-state index in [2.05, 4.69) is 17.2 Å². The van der Waals surface area contributed by atoms with Crippen LogP contribution in [0.3, 0.4) is 0 Å². The summed E-state index contributed by atoms with van der Waals surface area (Å²) in [6.07, 6.45) is 2.48. The molecule has 1 saturated carbocycles. The van der Waals surface area contributed by atoms with Gasteiger partial charge in [0.1, 0.15) is 23.2 Å². The zero-order valence-electron chi connectivity index (χ0n) is 20.9. The van der Waals surface area contributed by atoms with Crippen molar-refractivity contribution in [3.63, 3.8) is 0 Å². The topological polar surface area (TPSA) is 114 Å². The van der Waals surface area contributed by atoms with Gasteiger partial charge in [-0.3, -0.25) is 9.59 Å². The second-order valence-electron chi connectivity index (χ2n) is 10.9. The van der Waals surface area contributed by atoms with Crippen LogP contribution in [0.15, 0.2) is 12.7 Å². The molecular weight excluding hydrogens is 426 g/mol. The molecule has 2 rings (SSSR count). The van der Waals surface area contributed by atoms with E-state index in [-0.39, 0.29) is 18.4 Å². The first-order chi connectivity index (χ1) is 15.2. The number of carbonyl (C=O) groups excluding carboxylic acids is 4. The minimum Gasteiger partial charge on any atom is -0.464 e. The van der Waals surface area contributed by atoms with Crippen molar-refractivity contribution < 1.29 is 28.7 Å². The molecule has 186 valence electrons. The Hall–Kier alpha value is -2.58. The van der Waals surface area contributed by atoms with E-state index >= 15 is 0 Å². The molecule has 2 aliphatic rings. The number of rotatable bonds is 7. The van der Waals surface area contributed by atoms with Crippen molar-refractivity contribution in [1.82, 2.24) is 15.5 Å². The predicted octanol–water partition coefficient (Wildman–Crippen LogP) is 2.54. The fourth-order valence-corrected chi connectivity index (χ4v) is 4.11. The van der Waals surface area contributed by atoms with E-state index in [1.807, 2.05) is 20.8 Å². The smallest absolute Gasteiger partial charge is 0.408 e. The summed E-state index contributed by atoms with van der Waals surface area (Å²) in [5.41, 5.74) is -2.45. The van der Waals surface area contributed by atoms with Crippen LogP contribution in [0, 0.1) is 11.3 Å². The van der Waals surface area contributed by atoms with Gasteiger partial charge in [-0.2, -0.15) is 0 Å². The number of amides is 3. The molecule has 33 heavy (non-hydrogen) atoms. The highest BCUT2D eigenvalue weighted by Gasteiger charge is 2.61. The van der Waals surface area contributed by atoms with Crippen LogP contribution in [-0.2, 0) is 23.9 Å². The summed E-state index contributed by atoms with van der Waals surface area (Å²) in [6, 6.07) is -1.62. The molecule has 0 spiro atoms. The van der Waals surface area contributed by atoms with Crippen LogP contribution in [0.5, 0.6) is 0 Å². The Morgan fingerprint density at radius 1 is 1.18 bits per heavy atom. The van der Waals surface area contributed by atoms with E-state index in [1.165, 1.54) is 4.90 Å². The van der Waals surface area contributed by atoms with E-state index in [0.717, 1.165) is 0 Å². The van der Waals surface area contributed by atoms with E-state index in [0.29, 0.717) is 25.8 Å². The molecule has 0 radical (unpaired) electrons. The van der Waals surface area contributed by atoms with Crippen LogP contribution in [0.25, 0.3) is 0 Å². The summed E-state index contributed by atoms with van der Waals surface area (Å²) in [5, 5.41) is 5.53. The average Bonchev–Trinajstić information content (AvgIpc) is 3.16. The number of hydrogen-bond donors (Lipinski definition) is 2. The summed E-state index contributed by atoms with van der Waals surface area (Å²) in [5.74, 6) is -1.45. The zero-order valence-corrected chi connectivity index (χ0v) is 20.9. The third kappa shape index (κ3) is 6.26. The Morgan fingerprint density at radius 3 is 2.30 bits per heavy atom. The number of hydrogen-bond acceptors (Lipinski definition) is 6. The van der Waals surface area contributed by atoms with Gasteiger partial charge in [0.15, 0.2) is 0 Å². The third-order valence-corrected chi connectivity index (χ3v) is 5.90. The van der Waals surface area contributed by atoms with Gasteiger partial charge < -0.3 is 25.0 Å². The van der Waals surface area contributed by atoms with Crippen LogP contribution in [0.4, 0.5) is 4.79 Å². The van der Waals surface area contributed by atoms with Gasteiger partial charge in [-0.05, 0) is 52.4 Å². The minimum atomic E-state index is -1.12. The molecule has 9 heteroatoms. The lowest BCUT2D eigenvalue weighted by Crippen LogP contribution is -2.59. The first-order valence-corrected chi connectivity index (χ1v) is 11.6. The SMILES string of the molecule is C=CC1C[C@]1(NC(=O)[C@@H]1CCCN1C(=O)[C@@H](NC(=O)OC(C)(C)C)C(C)(C)C)C(=O)OCC. The van der Waals surface area contributed by atoms with Crippen molar-refractivity contribution in [3.8, 4) is 0 Å². The number of esters is 1. The molecule has 0 bridgehead atoms. The van der Waals surface area contributed by atoms with Gasteiger partial charge >= 0.3 is 12.1 Å². The fraction of sp³-hybridized carbons (Fsp3) is 0.750. The maximum atomic E-state index is 13.5. The molecular formula is C24H39N3O6. The van der Waals surface area contributed by atoms with E-state index in [4.69, 9.17) is 9.47 Å². The maximum Gasteiger partial charge on any atom is 0.408 e. The normalized spacial score (nSPS) is 25.6. The van der Waals surface area contributed by atoms with Crippen LogP contribution in [-0.4, -0.2) is 65.2 Å². The third-order valence-electron chi connectivity index (χ3n) is 5.90. The Labute approximate surface area is 196 Å². The quantitative estimate of drug-likeness (QED) is 0.441. The second-order valence-corrected chi connectivity index (χ2v) is 10.9. The number of nitrogens with zero attached hydrogens (tertiary/aromatic N) is 1. The monoisotopic (exact) mass is 465 g/mol. The zero-order chi connectivity index (χ0) is 25.2. The van der Waals surface area contributed by atoms with Gasteiger partial charge in [0.25, 0.3) is 0 Å². The van der Waals surface area contributed by atoms with Gasteiger partial charge in [-0.1, -0.05) is 26.8 Å². The van der Waals surface area contributed by atoms with Crippen LogP contribution < -0.4 is 10.6 Å². The number of likely N-dealkylation sites (tertiary alicyclic amines) is 1. The minimum absolute atomic E-state index is 0.206. The summed E-state index contributed by atoms with van der Waals surface area (Å²) in [7, 11) is 0. The van der Waals surface area contributed by atoms with Gasteiger partial charge in [0.05, 0.1) is 6.61 Å². The Kier molecular flexibility index (Phi) is 7.86. The molecule has 1 aliphatic heterocycles. The number of nitrogens with one attached hydrogen (secondary N) is 2. The highest BCUT2D eigenvalue weighted by Crippen LogP contribution is 2.45. The molecule has 2 fully saturated rings. The van der Waals surface area contributed by atoms with E-state index in [1.54, 1.807) is 33.8 Å². The van der Waals surface area contributed by atoms with E-state index in [9.17, 15) is 19.2 Å². The van der Waals surface area contributed by atoms with Gasteiger partial charge in [0.2, 0.25) is 11.8 Å². The largest absolute Gasteiger partial charge is 0.464 e. The average molecular weight is 466 g/mol. The molecule has 2 N–H and O–H groups in total. The number of alkyl carbamates (subject to hydrolysis) is 1. The first-order valence-electron chi connectivity index (χ1n) is 11.6. The summed E-state index contributed by atoms with van der Waals surface area (Å²) in [6.45, 7) is 16.8. The van der Waals surface area contributed by atoms with Gasteiger partial charge in [-0.15, -0.1) is 6.58 Å². The molecule has 1 aliphatic carbocycles. The summed E-state index contributed by atoms with van der Waals surface area (Å²) >= 11 is 0. The Bertz CT molecular complexity index is 797. The van der Waals surface area contributed by atoms with Gasteiger partial charge in [-0.25, -0.2) is 9.59 Å². The van der Waals surface area contributed by atoms with Crippen molar-refractivity contribution in [2.75, 3.05) is 13.2 Å². The Morgan fingerprint density at radius 2 is 1.82 bits per heavy atom. The van der Waals surface area contributed by atoms with Gasteiger partial charge in [0, 0.05) is 12.5 Å². The van der Waals surface area contributed by atoms with Crippen molar-refractivity contribution >= 4 is 23.9 Å². The summed E-state index contributed by atoms with van der Waals surface area (Å²) in [4.78, 5) is 53.1. The van der Waals surface area contributed by atoms with Crippen LogP contribution >= 0.6 is 0 Å². The van der Waals surface area contributed by atoms with Crippen molar-refractivity contribution in [1.29, 1.82) is 0 Å². The van der Waals surface area contributed by atoms with Crippen molar-refractivity contribution in [3.05, 3.63) is 12.7 Å².